The highest BCUT2D eigenvalue weighted by Crippen LogP contribution is 2.35. The molecule has 1 aromatic heterocycles. The van der Waals surface area contributed by atoms with Crippen LogP contribution in [0.15, 0.2) is 121 Å². The molecule has 0 atom stereocenters. The summed E-state index contributed by atoms with van der Waals surface area (Å²) in [4.78, 5) is 0. The van der Waals surface area contributed by atoms with Crippen LogP contribution in [0, 0.1) is 6.92 Å². The molecule has 0 aliphatic heterocycles. The summed E-state index contributed by atoms with van der Waals surface area (Å²) in [5, 5.41) is 6.03. The molecule has 6 aromatic rings. The fraction of sp³-hybridized carbons (Fsp3) is 0.0323. The fourth-order valence-electron chi connectivity index (χ4n) is 4.56. The van der Waals surface area contributed by atoms with Crippen LogP contribution in [0.25, 0.3) is 38.6 Å². The van der Waals surface area contributed by atoms with E-state index in [1.54, 1.807) is 0 Å². The monoisotopic (exact) mass is 424 g/mol. The first kappa shape index (κ1) is 19.4. The average molecular weight is 425 g/mol. The van der Waals surface area contributed by atoms with Crippen molar-refractivity contribution >= 4 is 33.2 Å². The van der Waals surface area contributed by atoms with Crippen molar-refractivity contribution in [1.82, 2.24) is 4.57 Å². The number of fused-ring (bicyclic) bond motifs is 3. The third-order valence-electron chi connectivity index (χ3n) is 6.25. The van der Waals surface area contributed by atoms with Crippen LogP contribution in [0.2, 0.25) is 0 Å². The molecular weight excluding hydrogens is 400 g/mol. The highest BCUT2D eigenvalue weighted by molar-refractivity contribution is 6.10. The predicted octanol–water partition coefficient (Wildman–Crippen LogP) is 8.50. The first-order chi connectivity index (χ1) is 16.3. The maximum atomic E-state index is 3.48. The Kier molecular flexibility index (Phi) is 4.70. The van der Waals surface area contributed by atoms with Gasteiger partial charge >= 0.3 is 0 Å². The second-order valence-corrected chi connectivity index (χ2v) is 8.49. The second-order valence-electron chi connectivity index (χ2n) is 8.49. The molecular formula is C31H24N2. The standard InChI is InChI=1S/C31H24N2/c1-22-11-16-25(17-12-22)32-26-18-13-23(14-19-26)24-15-20-31-29(21-24)28-9-5-6-10-30(28)33(31)27-7-3-2-4-8-27/h2-21,32H,1H3. The van der Waals surface area contributed by atoms with Crippen molar-refractivity contribution in [2.45, 2.75) is 6.92 Å². The van der Waals surface area contributed by atoms with Gasteiger partial charge in [0.2, 0.25) is 0 Å². The van der Waals surface area contributed by atoms with Gasteiger partial charge in [0.05, 0.1) is 11.0 Å². The molecule has 0 unspecified atom stereocenters. The van der Waals surface area contributed by atoms with Gasteiger partial charge in [-0.2, -0.15) is 0 Å². The number of para-hydroxylation sites is 2. The minimum absolute atomic E-state index is 1.09. The number of hydrogen-bond acceptors (Lipinski definition) is 1. The minimum Gasteiger partial charge on any atom is -0.356 e. The summed E-state index contributed by atoms with van der Waals surface area (Å²) in [5.41, 5.74) is 9.52. The van der Waals surface area contributed by atoms with Crippen molar-refractivity contribution in [3.8, 4) is 16.8 Å². The van der Waals surface area contributed by atoms with Crippen molar-refractivity contribution in [3.05, 3.63) is 127 Å². The Bertz CT molecular complexity index is 1560. The van der Waals surface area contributed by atoms with Crippen LogP contribution in [-0.4, -0.2) is 4.57 Å². The van der Waals surface area contributed by atoms with Gasteiger partial charge in [0.1, 0.15) is 0 Å². The maximum Gasteiger partial charge on any atom is 0.0541 e. The van der Waals surface area contributed by atoms with Gasteiger partial charge < -0.3 is 9.88 Å². The van der Waals surface area contributed by atoms with E-state index in [4.69, 9.17) is 0 Å². The lowest BCUT2D eigenvalue weighted by atomic mass is 10.0. The highest BCUT2D eigenvalue weighted by Gasteiger charge is 2.12. The topological polar surface area (TPSA) is 17.0 Å². The van der Waals surface area contributed by atoms with E-state index < -0.39 is 0 Å². The first-order valence-electron chi connectivity index (χ1n) is 11.3. The fourth-order valence-corrected chi connectivity index (χ4v) is 4.56. The van der Waals surface area contributed by atoms with E-state index in [1.807, 2.05) is 0 Å². The first-order valence-corrected chi connectivity index (χ1v) is 11.3. The largest absolute Gasteiger partial charge is 0.356 e. The Morgan fingerprint density at radius 2 is 1.12 bits per heavy atom. The summed E-state index contributed by atoms with van der Waals surface area (Å²) in [6.07, 6.45) is 0. The number of rotatable bonds is 4. The highest BCUT2D eigenvalue weighted by atomic mass is 15.0. The Morgan fingerprint density at radius 3 is 1.88 bits per heavy atom. The third-order valence-corrected chi connectivity index (χ3v) is 6.25. The third kappa shape index (κ3) is 3.56. The normalized spacial score (nSPS) is 11.2. The molecule has 0 amide bonds. The van der Waals surface area contributed by atoms with Crippen molar-refractivity contribution < 1.29 is 0 Å². The van der Waals surface area contributed by atoms with E-state index in [9.17, 15) is 0 Å². The lowest BCUT2D eigenvalue weighted by Gasteiger charge is -2.09. The lowest BCUT2D eigenvalue weighted by molar-refractivity contribution is 1.18. The Morgan fingerprint density at radius 1 is 0.515 bits per heavy atom. The van der Waals surface area contributed by atoms with Crippen LogP contribution >= 0.6 is 0 Å². The van der Waals surface area contributed by atoms with Crippen molar-refractivity contribution in [1.29, 1.82) is 0 Å². The molecule has 0 bridgehead atoms. The zero-order valence-electron chi connectivity index (χ0n) is 18.5. The Labute approximate surface area is 193 Å². The average Bonchev–Trinajstić information content (AvgIpc) is 3.20. The SMILES string of the molecule is Cc1ccc(Nc2ccc(-c3ccc4c(c3)c3ccccc3n4-c3ccccc3)cc2)cc1. The Balaban J connectivity index is 1.40. The van der Waals surface area contributed by atoms with Crippen LogP contribution in [0.5, 0.6) is 0 Å². The lowest BCUT2D eigenvalue weighted by Crippen LogP contribution is -1.92. The van der Waals surface area contributed by atoms with Crippen molar-refractivity contribution in [3.63, 3.8) is 0 Å². The van der Waals surface area contributed by atoms with Gasteiger partial charge in [-0.3, -0.25) is 0 Å². The van der Waals surface area contributed by atoms with Crippen molar-refractivity contribution in [2.75, 3.05) is 5.32 Å². The van der Waals surface area contributed by atoms with E-state index in [0.717, 1.165) is 11.4 Å². The molecule has 5 aromatic carbocycles. The molecule has 0 saturated heterocycles. The summed E-state index contributed by atoms with van der Waals surface area (Å²) in [7, 11) is 0. The second kappa shape index (κ2) is 7.99. The molecule has 1 N–H and O–H groups in total. The summed E-state index contributed by atoms with van der Waals surface area (Å²) < 4.78 is 2.35. The molecule has 2 heteroatoms. The number of anilines is 2. The number of nitrogens with one attached hydrogen (secondary N) is 1. The molecule has 1 heterocycles. The molecule has 2 nitrogen and oxygen atoms in total. The minimum atomic E-state index is 1.09. The molecule has 0 spiro atoms. The predicted molar refractivity (Wildman–Crippen MR) is 141 cm³/mol. The number of aryl methyl sites for hydroxylation is 1. The summed E-state index contributed by atoms with van der Waals surface area (Å²) in [5.74, 6) is 0. The quantitative estimate of drug-likeness (QED) is 0.300. The van der Waals surface area contributed by atoms with Gasteiger partial charge in [-0.1, -0.05) is 72.3 Å². The van der Waals surface area contributed by atoms with E-state index >= 15 is 0 Å². The van der Waals surface area contributed by atoms with Gasteiger partial charge in [-0.15, -0.1) is 0 Å². The molecule has 33 heavy (non-hydrogen) atoms. The van der Waals surface area contributed by atoms with Gasteiger partial charge in [-0.25, -0.2) is 0 Å². The van der Waals surface area contributed by atoms with Gasteiger partial charge in [0, 0.05) is 27.8 Å². The van der Waals surface area contributed by atoms with Crippen LogP contribution in [0.4, 0.5) is 11.4 Å². The molecule has 158 valence electrons. The molecule has 0 saturated carbocycles. The number of benzene rings is 5. The van der Waals surface area contributed by atoms with Crippen LogP contribution in [0.1, 0.15) is 5.56 Å². The number of hydrogen-bond donors (Lipinski definition) is 1. The Hall–Kier alpha value is -4.30. The van der Waals surface area contributed by atoms with Crippen molar-refractivity contribution in [2.24, 2.45) is 0 Å². The molecule has 0 radical (unpaired) electrons. The van der Waals surface area contributed by atoms with Gasteiger partial charge in [0.25, 0.3) is 0 Å². The molecule has 0 aliphatic rings. The van der Waals surface area contributed by atoms with E-state index in [2.05, 4.69) is 138 Å². The zero-order valence-corrected chi connectivity index (χ0v) is 18.5. The van der Waals surface area contributed by atoms with Crippen LogP contribution in [-0.2, 0) is 0 Å². The number of aromatic nitrogens is 1. The molecule has 6 rings (SSSR count). The number of nitrogens with zero attached hydrogens (tertiary/aromatic N) is 1. The smallest absolute Gasteiger partial charge is 0.0541 e. The summed E-state index contributed by atoms with van der Waals surface area (Å²) in [6.45, 7) is 2.10. The zero-order chi connectivity index (χ0) is 22.2. The van der Waals surface area contributed by atoms with E-state index in [1.165, 1.54) is 44.2 Å². The van der Waals surface area contributed by atoms with E-state index in [0.29, 0.717) is 0 Å². The molecule has 0 fully saturated rings. The van der Waals surface area contributed by atoms with Gasteiger partial charge in [-0.05, 0) is 72.6 Å². The van der Waals surface area contributed by atoms with E-state index in [-0.39, 0.29) is 0 Å². The summed E-state index contributed by atoms with van der Waals surface area (Å²) >= 11 is 0. The maximum absolute atomic E-state index is 3.48. The van der Waals surface area contributed by atoms with Crippen LogP contribution < -0.4 is 5.32 Å². The van der Waals surface area contributed by atoms with Crippen LogP contribution in [0.3, 0.4) is 0 Å². The summed E-state index contributed by atoms with van der Waals surface area (Å²) in [6, 6.07) is 43.2. The molecule has 0 aliphatic carbocycles. The van der Waals surface area contributed by atoms with Gasteiger partial charge in [0.15, 0.2) is 0 Å².